The second-order valence-corrected chi connectivity index (χ2v) is 4.15. The van der Waals surface area contributed by atoms with Crippen molar-refractivity contribution in [1.29, 1.82) is 0 Å². The van der Waals surface area contributed by atoms with Crippen LogP contribution in [0.1, 0.15) is 27.7 Å². The van der Waals surface area contributed by atoms with Crippen LogP contribution in [0.3, 0.4) is 0 Å². The zero-order valence-electron chi connectivity index (χ0n) is 5.65. The van der Waals surface area contributed by atoms with Crippen molar-refractivity contribution in [2.45, 2.75) is 33.4 Å². The molecule has 0 fully saturated rings. The SMILES string of the molecule is CC(P)C(C)(C)C. The fourth-order valence-electron chi connectivity index (χ4n) is 0. The van der Waals surface area contributed by atoms with E-state index >= 15 is 0 Å². The first-order chi connectivity index (χ1) is 2.94. The monoisotopic (exact) mass is 118 g/mol. The normalized spacial score (nSPS) is 16.7. The molecule has 0 aliphatic rings. The van der Waals surface area contributed by atoms with Crippen molar-refractivity contribution in [2.24, 2.45) is 5.41 Å². The van der Waals surface area contributed by atoms with Gasteiger partial charge in [-0.15, -0.1) is 9.24 Å². The van der Waals surface area contributed by atoms with E-state index in [2.05, 4.69) is 36.9 Å². The number of hydrogen-bond acceptors (Lipinski definition) is 0. The topological polar surface area (TPSA) is 0 Å². The Kier molecular flexibility index (Phi) is 2.26. The van der Waals surface area contributed by atoms with Crippen LogP contribution in [0.5, 0.6) is 0 Å². The third-order valence-electron chi connectivity index (χ3n) is 1.37. The molecule has 0 N–H and O–H groups in total. The Labute approximate surface area is 48.9 Å². The molecule has 2 unspecified atom stereocenters. The predicted octanol–water partition coefficient (Wildman–Crippen LogP) is 2.30. The first-order valence-corrected chi connectivity index (χ1v) is 3.37. The molecule has 0 saturated heterocycles. The van der Waals surface area contributed by atoms with Crippen LogP contribution >= 0.6 is 9.24 Å². The fourth-order valence-corrected chi connectivity index (χ4v) is 0. The Hall–Kier alpha value is 0.430. The average Bonchev–Trinajstić information content (AvgIpc) is 1.31. The fraction of sp³-hybridized carbons (Fsp3) is 1.00. The van der Waals surface area contributed by atoms with Gasteiger partial charge in [0.2, 0.25) is 0 Å². The van der Waals surface area contributed by atoms with Gasteiger partial charge < -0.3 is 0 Å². The Morgan fingerprint density at radius 3 is 1.43 bits per heavy atom. The largest absolute Gasteiger partial charge is 0.134 e. The molecule has 0 saturated carbocycles. The molecular formula is C6H15P. The van der Waals surface area contributed by atoms with Crippen molar-refractivity contribution in [3.05, 3.63) is 0 Å². The molecular weight excluding hydrogens is 103 g/mol. The molecule has 0 rings (SSSR count). The lowest BCUT2D eigenvalue weighted by atomic mass is 9.93. The summed E-state index contributed by atoms with van der Waals surface area (Å²) < 4.78 is 0. The van der Waals surface area contributed by atoms with Crippen LogP contribution in [0.4, 0.5) is 0 Å². The molecule has 0 radical (unpaired) electrons. The highest BCUT2D eigenvalue weighted by Gasteiger charge is 2.13. The summed E-state index contributed by atoms with van der Waals surface area (Å²) in [5.74, 6) is 0. The molecule has 0 aromatic heterocycles. The van der Waals surface area contributed by atoms with Crippen molar-refractivity contribution >= 4 is 9.24 Å². The van der Waals surface area contributed by atoms with Gasteiger partial charge in [0.25, 0.3) is 0 Å². The molecule has 0 aromatic carbocycles. The van der Waals surface area contributed by atoms with E-state index in [4.69, 9.17) is 0 Å². The molecule has 0 aliphatic carbocycles. The summed E-state index contributed by atoms with van der Waals surface area (Å²) in [4.78, 5) is 0. The van der Waals surface area contributed by atoms with Gasteiger partial charge in [-0.2, -0.15) is 0 Å². The lowest BCUT2D eigenvalue weighted by Crippen LogP contribution is -2.15. The number of hydrogen-bond donors (Lipinski definition) is 0. The smallest absolute Gasteiger partial charge is 0.0244 e. The molecule has 0 nitrogen and oxygen atoms in total. The molecule has 0 aromatic rings. The molecule has 2 atom stereocenters. The van der Waals surface area contributed by atoms with E-state index in [9.17, 15) is 0 Å². The van der Waals surface area contributed by atoms with Gasteiger partial charge in [0, 0.05) is 0 Å². The molecule has 0 bridgehead atoms. The van der Waals surface area contributed by atoms with Crippen LogP contribution < -0.4 is 0 Å². The van der Waals surface area contributed by atoms with E-state index in [1.807, 2.05) is 0 Å². The zero-order valence-corrected chi connectivity index (χ0v) is 6.81. The second-order valence-electron chi connectivity index (χ2n) is 3.15. The second kappa shape index (κ2) is 2.13. The van der Waals surface area contributed by atoms with E-state index in [1.54, 1.807) is 0 Å². The highest BCUT2D eigenvalue weighted by molar-refractivity contribution is 7.17. The lowest BCUT2D eigenvalue weighted by molar-refractivity contribution is 0.410. The molecule has 0 aliphatic heterocycles. The van der Waals surface area contributed by atoms with Gasteiger partial charge in [-0.25, -0.2) is 0 Å². The van der Waals surface area contributed by atoms with Gasteiger partial charge in [0.05, 0.1) is 0 Å². The van der Waals surface area contributed by atoms with E-state index in [-0.39, 0.29) is 0 Å². The summed E-state index contributed by atoms with van der Waals surface area (Å²) >= 11 is 0. The van der Waals surface area contributed by atoms with E-state index in [1.165, 1.54) is 0 Å². The predicted molar refractivity (Wildman–Crippen MR) is 38.6 cm³/mol. The minimum atomic E-state index is 0.463. The van der Waals surface area contributed by atoms with E-state index < -0.39 is 0 Å². The molecule has 44 valence electrons. The van der Waals surface area contributed by atoms with Crippen molar-refractivity contribution in [3.63, 3.8) is 0 Å². The first kappa shape index (κ1) is 7.43. The van der Waals surface area contributed by atoms with Crippen LogP contribution in [0.25, 0.3) is 0 Å². The minimum absolute atomic E-state index is 0.463. The van der Waals surface area contributed by atoms with Gasteiger partial charge in [0.1, 0.15) is 0 Å². The van der Waals surface area contributed by atoms with Crippen molar-refractivity contribution in [3.8, 4) is 0 Å². The summed E-state index contributed by atoms with van der Waals surface area (Å²) in [6.45, 7) is 8.94. The van der Waals surface area contributed by atoms with Crippen molar-refractivity contribution < 1.29 is 0 Å². The minimum Gasteiger partial charge on any atom is -0.134 e. The quantitative estimate of drug-likeness (QED) is 0.428. The van der Waals surface area contributed by atoms with Gasteiger partial charge in [-0.1, -0.05) is 27.7 Å². The Balaban J connectivity index is 3.54. The maximum atomic E-state index is 2.80. The number of rotatable bonds is 0. The Morgan fingerprint density at radius 1 is 1.29 bits per heavy atom. The molecule has 7 heavy (non-hydrogen) atoms. The standard InChI is InChI=1S/C6H15P/c1-5(7)6(2,3)4/h5H,7H2,1-4H3. The maximum absolute atomic E-state index is 2.80. The van der Waals surface area contributed by atoms with Gasteiger partial charge in [-0.05, 0) is 11.1 Å². The molecule has 1 heteroatoms. The summed E-state index contributed by atoms with van der Waals surface area (Å²) in [7, 11) is 2.80. The highest BCUT2D eigenvalue weighted by Crippen LogP contribution is 2.24. The van der Waals surface area contributed by atoms with Gasteiger partial charge in [-0.3, -0.25) is 0 Å². The summed E-state index contributed by atoms with van der Waals surface area (Å²) in [6.07, 6.45) is 0. The Bertz CT molecular complexity index is 49.7. The summed E-state index contributed by atoms with van der Waals surface area (Å²) in [5.41, 5.74) is 1.18. The van der Waals surface area contributed by atoms with Crippen molar-refractivity contribution in [2.75, 3.05) is 0 Å². The van der Waals surface area contributed by atoms with Crippen LogP contribution in [-0.2, 0) is 0 Å². The van der Waals surface area contributed by atoms with E-state index in [0.717, 1.165) is 0 Å². The van der Waals surface area contributed by atoms with Gasteiger partial charge in [0.15, 0.2) is 0 Å². The third kappa shape index (κ3) is 3.05. The molecule has 0 amide bonds. The van der Waals surface area contributed by atoms with E-state index in [0.29, 0.717) is 11.1 Å². The summed E-state index contributed by atoms with van der Waals surface area (Å²) in [5, 5.41) is 0. The summed E-state index contributed by atoms with van der Waals surface area (Å²) in [6, 6.07) is 0. The van der Waals surface area contributed by atoms with Crippen LogP contribution in [-0.4, -0.2) is 5.66 Å². The molecule has 0 spiro atoms. The zero-order chi connectivity index (χ0) is 6.08. The van der Waals surface area contributed by atoms with Crippen LogP contribution in [0, 0.1) is 5.41 Å². The average molecular weight is 118 g/mol. The van der Waals surface area contributed by atoms with Crippen molar-refractivity contribution in [1.82, 2.24) is 0 Å². The van der Waals surface area contributed by atoms with Gasteiger partial charge >= 0.3 is 0 Å². The highest BCUT2D eigenvalue weighted by atomic mass is 31.0. The first-order valence-electron chi connectivity index (χ1n) is 2.70. The Morgan fingerprint density at radius 2 is 1.43 bits per heavy atom. The van der Waals surface area contributed by atoms with Crippen LogP contribution in [0.15, 0.2) is 0 Å². The lowest BCUT2D eigenvalue weighted by Gasteiger charge is -2.22. The molecule has 0 heterocycles. The third-order valence-corrected chi connectivity index (χ3v) is 2.37. The van der Waals surface area contributed by atoms with Crippen LogP contribution in [0.2, 0.25) is 0 Å². The maximum Gasteiger partial charge on any atom is -0.0244 e.